The van der Waals surface area contributed by atoms with E-state index in [2.05, 4.69) is 9.68 Å². The molecule has 18 heteroatoms. The molecule has 0 aromatic carbocycles. The minimum absolute atomic E-state index is 0.00962. The Bertz CT molecular complexity index is 1020. The fourth-order valence-corrected chi connectivity index (χ4v) is 4.42. The van der Waals surface area contributed by atoms with E-state index in [-0.39, 0.29) is 35.8 Å². The monoisotopic (exact) mass is 528 g/mol. The summed E-state index contributed by atoms with van der Waals surface area (Å²) in [5.74, 6) is -6.96. The number of nitrogens with zero attached hydrogens (tertiary/aromatic N) is 2. The summed E-state index contributed by atoms with van der Waals surface area (Å²) in [4.78, 5) is 79.4. The molecule has 2 rings (SSSR count). The van der Waals surface area contributed by atoms with Gasteiger partial charge >= 0.3 is 11.9 Å². The summed E-state index contributed by atoms with van der Waals surface area (Å²) >= 11 is 0. The van der Waals surface area contributed by atoms with Crippen molar-refractivity contribution in [2.45, 2.75) is 61.9 Å². The number of unbranched alkanes of at least 4 members (excludes halogenated alkanes) is 3. The second kappa shape index (κ2) is 10.5. The fraction of sp³-hybridized carbons (Fsp3) is 0.625. The lowest BCUT2D eigenvalue weighted by molar-refractivity contribution is -0.197. The third-order valence-corrected chi connectivity index (χ3v) is 6.92. The molecule has 2 N–H and O–H groups in total. The van der Waals surface area contributed by atoms with E-state index in [1.54, 1.807) is 0 Å². The number of amides is 4. The van der Waals surface area contributed by atoms with Crippen molar-refractivity contribution in [3.8, 4) is 0 Å². The van der Waals surface area contributed by atoms with Crippen LogP contribution < -0.4 is 0 Å². The number of carbonyl (C=O) groups is 6. The molecule has 0 aromatic rings. The van der Waals surface area contributed by atoms with Crippen LogP contribution in [0, 0.1) is 0 Å². The van der Waals surface area contributed by atoms with Gasteiger partial charge in [-0.05, 0) is 12.8 Å². The Balaban J connectivity index is 1.65. The molecule has 0 aromatic heterocycles. The molecule has 2 fully saturated rings. The quantitative estimate of drug-likeness (QED) is 0.172. The molecule has 190 valence electrons. The molecule has 34 heavy (non-hydrogen) atoms. The molecule has 0 radical (unpaired) electrons. The van der Waals surface area contributed by atoms with E-state index in [4.69, 9.17) is 9.11 Å². The highest BCUT2D eigenvalue weighted by Gasteiger charge is 2.49. The predicted octanol–water partition coefficient (Wildman–Crippen LogP) is -1.73. The van der Waals surface area contributed by atoms with Crippen molar-refractivity contribution in [3.63, 3.8) is 0 Å². The zero-order valence-electron chi connectivity index (χ0n) is 17.3. The molecular formula is C16H20N2O14S2. The van der Waals surface area contributed by atoms with Crippen LogP contribution in [0.2, 0.25) is 0 Å². The van der Waals surface area contributed by atoms with Crippen LogP contribution in [0.15, 0.2) is 0 Å². The standard InChI is InChI=1S/C16H20N2O14S2/c19-11-7-9(33(25,26)27)15(23)17(11)31-13(21)5-3-1-2-4-6-14(22)32-18-12(20)8-10(16(18)24)34(28,29)30/h9-10H,1-8H2,(H,25,26,27)(H,28,29,30)/t9-,10-/m0/s1. The normalized spacial score (nSPS) is 21.4. The smallest absolute Gasteiger partial charge is 0.330 e. The van der Waals surface area contributed by atoms with Gasteiger partial charge in [-0.3, -0.25) is 28.3 Å². The van der Waals surface area contributed by atoms with Gasteiger partial charge in [0.05, 0.1) is 12.8 Å². The maximum atomic E-state index is 11.8. The van der Waals surface area contributed by atoms with Crippen LogP contribution in [-0.2, 0) is 58.7 Å². The summed E-state index contributed by atoms with van der Waals surface area (Å²) in [5.41, 5.74) is 0. The van der Waals surface area contributed by atoms with Gasteiger partial charge in [-0.1, -0.05) is 12.8 Å². The summed E-state index contributed by atoms with van der Waals surface area (Å²) in [5, 5.41) is -4.08. The van der Waals surface area contributed by atoms with Crippen molar-refractivity contribution in [1.82, 2.24) is 10.1 Å². The average molecular weight is 528 g/mol. The van der Waals surface area contributed by atoms with Gasteiger partial charge in [-0.25, -0.2) is 9.59 Å². The predicted molar refractivity (Wildman–Crippen MR) is 103 cm³/mol. The van der Waals surface area contributed by atoms with Gasteiger partial charge in [0.15, 0.2) is 10.5 Å². The van der Waals surface area contributed by atoms with Crippen molar-refractivity contribution in [2.75, 3.05) is 0 Å². The average Bonchev–Trinajstić information content (AvgIpc) is 3.15. The molecule has 2 aliphatic rings. The van der Waals surface area contributed by atoms with E-state index in [1.807, 2.05) is 0 Å². The Morgan fingerprint density at radius 3 is 1.29 bits per heavy atom. The number of carbonyl (C=O) groups excluding carboxylic acids is 6. The van der Waals surface area contributed by atoms with Crippen LogP contribution in [0.4, 0.5) is 0 Å². The number of rotatable bonds is 11. The zero-order chi connectivity index (χ0) is 25.8. The maximum Gasteiger partial charge on any atom is 0.333 e. The first-order chi connectivity index (χ1) is 15.6. The highest BCUT2D eigenvalue weighted by atomic mass is 32.2. The second-order valence-electron chi connectivity index (χ2n) is 7.31. The largest absolute Gasteiger partial charge is 0.333 e. The van der Waals surface area contributed by atoms with Gasteiger partial charge in [0.2, 0.25) is 0 Å². The fourth-order valence-electron chi connectivity index (χ4n) is 3.01. The lowest BCUT2D eigenvalue weighted by Crippen LogP contribution is -2.36. The minimum atomic E-state index is -4.83. The highest BCUT2D eigenvalue weighted by molar-refractivity contribution is 7.87. The van der Waals surface area contributed by atoms with Gasteiger partial charge in [0.1, 0.15) is 0 Å². The van der Waals surface area contributed by atoms with E-state index in [0.717, 1.165) is 0 Å². The number of hydrogen-bond acceptors (Lipinski definition) is 12. The molecule has 16 nitrogen and oxygen atoms in total. The van der Waals surface area contributed by atoms with Crippen LogP contribution in [0.1, 0.15) is 51.4 Å². The van der Waals surface area contributed by atoms with Crippen LogP contribution >= 0.6 is 0 Å². The molecule has 0 bridgehead atoms. The second-order valence-corrected chi connectivity index (χ2v) is 10.5. The third-order valence-electron chi connectivity index (χ3n) is 4.74. The first kappa shape index (κ1) is 27.3. The summed E-state index contributed by atoms with van der Waals surface area (Å²) < 4.78 is 61.9. The van der Waals surface area contributed by atoms with Crippen LogP contribution in [-0.4, -0.2) is 82.1 Å². The summed E-state index contributed by atoms with van der Waals surface area (Å²) in [7, 11) is -9.66. The Kier molecular flexibility index (Phi) is 8.45. The van der Waals surface area contributed by atoms with Gasteiger partial charge in [0, 0.05) is 12.8 Å². The summed E-state index contributed by atoms with van der Waals surface area (Å²) in [6.07, 6.45) is -1.10. The van der Waals surface area contributed by atoms with Gasteiger partial charge in [-0.15, -0.1) is 10.1 Å². The lowest BCUT2D eigenvalue weighted by atomic mass is 10.1. The number of hydrogen-bond donors (Lipinski definition) is 2. The van der Waals surface area contributed by atoms with E-state index in [0.29, 0.717) is 12.8 Å². The maximum absolute atomic E-state index is 11.8. The Hall–Kier alpha value is -2.96. The van der Waals surface area contributed by atoms with Gasteiger partial charge in [0.25, 0.3) is 43.9 Å². The first-order valence-corrected chi connectivity index (χ1v) is 12.7. The van der Waals surface area contributed by atoms with Crippen molar-refractivity contribution in [2.24, 2.45) is 0 Å². The van der Waals surface area contributed by atoms with E-state index in [1.165, 1.54) is 0 Å². The van der Waals surface area contributed by atoms with E-state index < -0.39 is 79.1 Å². The van der Waals surface area contributed by atoms with E-state index >= 15 is 0 Å². The molecule has 2 heterocycles. The Labute approximate surface area is 192 Å². The molecule has 0 spiro atoms. The van der Waals surface area contributed by atoms with Crippen molar-refractivity contribution < 1.29 is 64.4 Å². The molecule has 2 aliphatic heterocycles. The van der Waals surface area contributed by atoms with Gasteiger partial charge in [-0.2, -0.15) is 16.8 Å². The first-order valence-electron chi connectivity index (χ1n) is 9.70. The number of imide groups is 2. The topological polar surface area (TPSA) is 236 Å². The highest BCUT2D eigenvalue weighted by Crippen LogP contribution is 2.21. The Morgan fingerprint density at radius 2 is 1.03 bits per heavy atom. The lowest BCUT2D eigenvalue weighted by Gasteiger charge is -2.13. The Morgan fingerprint density at radius 1 is 0.706 bits per heavy atom. The molecule has 2 saturated heterocycles. The molecular weight excluding hydrogens is 508 g/mol. The van der Waals surface area contributed by atoms with Gasteiger partial charge < -0.3 is 9.68 Å². The van der Waals surface area contributed by atoms with Crippen LogP contribution in [0.25, 0.3) is 0 Å². The molecule has 4 amide bonds. The van der Waals surface area contributed by atoms with Crippen molar-refractivity contribution in [3.05, 3.63) is 0 Å². The zero-order valence-corrected chi connectivity index (χ0v) is 18.9. The minimum Gasteiger partial charge on any atom is -0.330 e. The number of hydroxylamine groups is 4. The molecule has 0 saturated carbocycles. The molecule has 0 unspecified atom stereocenters. The van der Waals surface area contributed by atoms with E-state index in [9.17, 15) is 45.6 Å². The van der Waals surface area contributed by atoms with Crippen molar-refractivity contribution in [1.29, 1.82) is 0 Å². The van der Waals surface area contributed by atoms with Crippen LogP contribution in [0.5, 0.6) is 0 Å². The van der Waals surface area contributed by atoms with Crippen molar-refractivity contribution >= 4 is 55.8 Å². The van der Waals surface area contributed by atoms with Crippen LogP contribution in [0.3, 0.4) is 0 Å². The SMILES string of the molecule is O=C(CCCCCCC(=O)ON1C(=O)C[C@H](S(=O)(=O)O)C1=O)ON1C(=O)C[C@H](S(=O)(=O)O)C1=O. The molecule has 0 aliphatic carbocycles. The summed E-state index contributed by atoms with van der Waals surface area (Å²) in [6.45, 7) is 0. The third kappa shape index (κ3) is 6.78. The summed E-state index contributed by atoms with van der Waals surface area (Å²) in [6, 6.07) is 0. The molecule has 2 atom stereocenters.